The first-order valence-electron chi connectivity index (χ1n) is 4.82. The summed E-state index contributed by atoms with van der Waals surface area (Å²) >= 11 is 0. The number of hydrogen-bond acceptors (Lipinski definition) is 6. The summed E-state index contributed by atoms with van der Waals surface area (Å²) in [6.07, 6.45) is 0. The van der Waals surface area contributed by atoms with Crippen molar-refractivity contribution in [1.82, 2.24) is 14.9 Å². The second-order valence-electron chi connectivity index (χ2n) is 3.48. The number of hydrogen-bond donors (Lipinski definition) is 3. The van der Waals surface area contributed by atoms with E-state index in [1.165, 1.54) is 0 Å². The molecule has 1 aromatic rings. The maximum absolute atomic E-state index is 5.55. The molecule has 15 heavy (non-hydrogen) atoms. The molecule has 84 valence electrons. The third-order valence-corrected chi connectivity index (χ3v) is 1.86. The first-order valence-corrected chi connectivity index (χ1v) is 4.82. The second-order valence-corrected chi connectivity index (χ2v) is 3.48. The Morgan fingerprint density at radius 3 is 2.60 bits per heavy atom. The quantitative estimate of drug-likeness (QED) is 0.638. The van der Waals surface area contributed by atoms with Crippen molar-refractivity contribution in [3.63, 3.8) is 0 Å². The Balaban J connectivity index is 2.56. The lowest BCUT2D eigenvalue weighted by Crippen LogP contribution is -2.21. The molecule has 0 radical (unpaired) electrons. The number of nitrogens with one attached hydrogen (secondary N) is 2. The van der Waals surface area contributed by atoms with Crippen molar-refractivity contribution in [2.45, 2.75) is 0 Å². The summed E-state index contributed by atoms with van der Waals surface area (Å²) in [6.45, 7) is 1.77. The van der Waals surface area contributed by atoms with Crippen LogP contribution in [0.25, 0.3) is 0 Å². The predicted octanol–water partition coefficient (Wildman–Crippen LogP) is 0.0740. The molecular weight excluding hydrogens is 192 g/mol. The molecule has 1 rings (SSSR count). The van der Waals surface area contributed by atoms with E-state index in [1.54, 1.807) is 7.05 Å². The lowest BCUT2D eigenvalue weighted by atomic mass is 10.5. The highest BCUT2D eigenvalue weighted by molar-refractivity contribution is 5.50. The summed E-state index contributed by atoms with van der Waals surface area (Å²) in [6, 6.07) is 1.83. The van der Waals surface area contributed by atoms with Crippen LogP contribution in [0.5, 0.6) is 0 Å². The minimum absolute atomic E-state index is 0.272. The Morgan fingerprint density at radius 1 is 1.33 bits per heavy atom. The monoisotopic (exact) mass is 210 g/mol. The Kier molecular flexibility index (Phi) is 4.11. The van der Waals surface area contributed by atoms with Gasteiger partial charge in [-0.25, -0.2) is 0 Å². The third kappa shape index (κ3) is 3.99. The van der Waals surface area contributed by atoms with Crippen molar-refractivity contribution in [3.8, 4) is 0 Å². The van der Waals surface area contributed by atoms with Gasteiger partial charge in [-0.05, 0) is 14.1 Å². The van der Waals surface area contributed by atoms with Gasteiger partial charge in [-0.15, -0.1) is 0 Å². The number of nitrogens with zero attached hydrogens (tertiary/aromatic N) is 3. The van der Waals surface area contributed by atoms with Gasteiger partial charge in [0.25, 0.3) is 0 Å². The zero-order valence-electron chi connectivity index (χ0n) is 9.41. The Labute approximate surface area is 89.9 Å². The van der Waals surface area contributed by atoms with Crippen molar-refractivity contribution in [3.05, 3.63) is 6.07 Å². The molecule has 6 nitrogen and oxygen atoms in total. The van der Waals surface area contributed by atoms with Gasteiger partial charge in [-0.1, -0.05) is 0 Å². The van der Waals surface area contributed by atoms with Crippen LogP contribution in [0.1, 0.15) is 0 Å². The van der Waals surface area contributed by atoms with Crippen LogP contribution >= 0.6 is 0 Å². The van der Waals surface area contributed by atoms with Gasteiger partial charge in [-0.3, -0.25) is 0 Å². The zero-order chi connectivity index (χ0) is 11.3. The summed E-state index contributed by atoms with van der Waals surface area (Å²) in [5.41, 5.74) is 5.55. The molecule has 0 amide bonds. The summed E-state index contributed by atoms with van der Waals surface area (Å²) in [4.78, 5) is 10.2. The largest absolute Gasteiger partial charge is 0.373 e. The maximum atomic E-state index is 5.55. The van der Waals surface area contributed by atoms with Gasteiger partial charge in [0.1, 0.15) is 11.6 Å². The standard InChI is InChI=1S/C9H18N6/c1-11-7-6-8(14-9(10)13-7)12-4-5-15(2)3/h6H,4-5H2,1-3H3,(H4,10,11,12,13,14). The van der Waals surface area contributed by atoms with Crippen molar-refractivity contribution in [1.29, 1.82) is 0 Å². The highest BCUT2D eigenvalue weighted by atomic mass is 15.1. The van der Waals surface area contributed by atoms with Crippen LogP contribution in [0.3, 0.4) is 0 Å². The first kappa shape index (κ1) is 11.5. The van der Waals surface area contributed by atoms with E-state index in [0.717, 1.165) is 24.7 Å². The molecule has 4 N–H and O–H groups in total. The predicted molar refractivity (Wildman–Crippen MR) is 63.0 cm³/mol. The van der Waals surface area contributed by atoms with Crippen LogP contribution in [0, 0.1) is 0 Å². The highest BCUT2D eigenvalue weighted by Crippen LogP contribution is 2.11. The average molecular weight is 210 g/mol. The summed E-state index contributed by atoms with van der Waals surface area (Å²) < 4.78 is 0. The molecule has 0 saturated heterocycles. The van der Waals surface area contributed by atoms with E-state index in [2.05, 4.69) is 25.5 Å². The number of aromatic nitrogens is 2. The van der Waals surface area contributed by atoms with E-state index in [-0.39, 0.29) is 5.95 Å². The van der Waals surface area contributed by atoms with Crippen LogP contribution in [-0.4, -0.2) is 49.1 Å². The molecule has 0 bridgehead atoms. The van der Waals surface area contributed by atoms with Crippen LogP contribution in [0.2, 0.25) is 0 Å². The van der Waals surface area contributed by atoms with Gasteiger partial charge in [-0.2, -0.15) is 9.97 Å². The molecule has 1 heterocycles. The van der Waals surface area contributed by atoms with E-state index in [1.807, 2.05) is 20.2 Å². The molecule has 0 spiro atoms. The molecule has 0 fully saturated rings. The SMILES string of the molecule is CNc1cc(NCCN(C)C)nc(N)n1. The van der Waals surface area contributed by atoms with E-state index in [9.17, 15) is 0 Å². The first-order chi connectivity index (χ1) is 7.11. The van der Waals surface area contributed by atoms with Crippen molar-refractivity contribution in [2.24, 2.45) is 0 Å². The molecular formula is C9H18N6. The topological polar surface area (TPSA) is 79.1 Å². The van der Waals surface area contributed by atoms with Gasteiger partial charge in [0, 0.05) is 26.2 Å². The molecule has 6 heteroatoms. The number of rotatable bonds is 5. The number of nitrogen functional groups attached to an aromatic ring is 1. The molecule has 0 aliphatic heterocycles. The maximum Gasteiger partial charge on any atom is 0.223 e. The van der Waals surface area contributed by atoms with Gasteiger partial charge >= 0.3 is 0 Å². The van der Waals surface area contributed by atoms with Crippen molar-refractivity contribution >= 4 is 17.6 Å². The smallest absolute Gasteiger partial charge is 0.223 e. The van der Waals surface area contributed by atoms with Gasteiger partial charge in [0.15, 0.2) is 0 Å². The van der Waals surface area contributed by atoms with Crippen molar-refractivity contribution in [2.75, 3.05) is 50.6 Å². The summed E-state index contributed by atoms with van der Waals surface area (Å²) in [5, 5.41) is 6.10. The minimum Gasteiger partial charge on any atom is -0.373 e. The average Bonchev–Trinajstić information content (AvgIpc) is 2.16. The fraction of sp³-hybridized carbons (Fsp3) is 0.556. The summed E-state index contributed by atoms with van der Waals surface area (Å²) in [7, 11) is 5.84. The highest BCUT2D eigenvalue weighted by Gasteiger charge is 2.00. The Morgan fingerprint density at radius 2 is 2.00 bits per heavy atom. The van der Waals surface area contributed by atoms with E-state index in [0.29, 0.717) is 0 Å². The van der Waals surface area contributed by atoms with Crippen LogP contribution < -0.4 is 16.4 Å². The van der Waals surface area contributed by atoms with Crippen LogP contribution in [0.15, 0.2) is 6.07 Å². The zero-order valence-corrected chi connectivity index (χ0v) is 9.41. The van der Waals surface area contributed by atoms with Gasteiger partial charge in [0.05, 0.1) is 0 Å². The van der Waals surface area contributed by atoms with Crippen molar-refractivity contribution < 1.29 is 0 Å². The van der Waals surface area contributed by atoms with Crippen LogP contribution in [0.4, 0.5) is 17.6 Å². The minimum atomic E-state index is 0.272. The van der Waals surface area contributed by atoms with Crippen LogP contribution in [-0.2, 0) is 0 Å². The molecule has 0 atom stereocenters. The Bertz CT molecular complexity index is 311. The lowest BCUT2D eigenvalue weighted by Gasteiger charge is -2.11. The number of anilines is 3. The van der Waals surface area contributed by atoms with Gasteiger partial charge in [0.2, 0.25) is 5.95 Å². The van der Waals surface area contributed by atoms with Gasteiger partial charge < -0.3 is 21.3 Å². The molecule has 0 unspecified atom stereocenters. The molecule has 0 aliphatic carbocycles. The van der Waals surface area contributed by atoms with E-state index < -0.39 is 0 Å². The Hall–Kier alpha value is -1.56. The van der Waals surface area contributed by atoms with E-state index >= 15 is 0 Å². The molecule has 0 aromatic carbocycles. The fourth-order valence-electron chi connectivity index (χ4n) is 1.09. The second kappa shape index (κ2) is 5.35. The molecule has 0 saturated carbocycles. The van der Waals surface area contributed by atoms with E-state index in [4.69, 9.17) is 5.73 Å². The fourth-order valence-corrected chi connectivity index (χ4v) is 1.09. The third-order valence-electron chi connectivity index (χ3n) is 1.86. The molecule has 0 aliphatic rings. The normalized spacial score (nSPS) is 10.4. The lowest BCUT2D eigenvalue weighted by molar-refractivity contribution is 0.425. The number of likely N-dealkylation sites (N-methyl/N-ethyl adjacent to an activating group) is 1. The number of nitrogens with two attached hydrogens (primary N) is 1. The molecule has 1 aromatic heterocycles. The summed E-state index contributed by atoms with van der Waals surface area (Å²) in [5.74, 6) is 1.73.